The van der Waals surface area contributed by atoms with Crippen molar-refractivity contribution in [2.75, 3.05) is 6.54 Å². The molecular formula is C18H25N3O. The normalized spacial score (nSPS) is 22.8. The summed E-state index contributed by atoms with van der Waals surface area (Å²) in [5.41, 5.74) is 1.81. The Hall–Kier alpha value is -1.81. The van der Waals surface area contributed by atoms with Crippen molar-refractivity contribution in [2.45, 2.75) is 51.7 Å². The molecule has 1 aromatic heterocycles. The highest BCUT2D eigenvalue weighted by Crippen LogP contribution is 2.27. The summed E-state index contributed by atoms with van der Waals surface area (Å²) >= 11 is 0. The van der Waals surface area contributed by atoms with Crippen LogP contribution in [0.5, 0.6) is 5.88 Å². The summed E-state index contributed by atoms with van der Waals surface area (Å²) in [4.78, 5) is 2.56. The number of aromatic nitrogens is 2. The predicted octanol–water partition coefficient (Wildman–Crippen LogP) is 3.52. The van der Waals surface area contributed by atoms with Crippen LogP contribution in [0.1, 0.15) is 33.1 Å². The zero-order valence-corrected chi connectivity index (χ0v) is 13.4. The fraction of sp³-hybridized carbons (Fsp3) is 0.500. The third kappa shape index (κ3) is 3.17. The maximum absolute atomic E-state index is 10.1. The van der Waals surface area contributed by atoms with Crippen LogP contribution < -0.4 is 0 Å². The number of hydrogen-bond donors (Lipinski definition) is 1. The van der Waals surface area contributed by atoms with Crippen LogP contribution >= 0.6 is 0 Å². The van der Waals surface area contributed by atoms with Gasteiger partial charge in [-0.3, -0.25) is 9.58 Å². The van der Waals surface area contributed by atoms with Crippen molar-refractivity contribution in [2.24, 2.45) is 0 Å². The van der Waals surface area contributed by atoms with E-state index in [4.69, 9.17) is 0 Å². The van der Waals surface area contributed by atoms with Gasteiger partial charge in [-0.15, -0.1) is 5.10 Å². The second kappa shape index (κ2) is 6.53. The minimum atomic E-state index is 0.117. The quantitative estimate of drug-likeness (QED) is 0.939. The lowest BCUT2D eigenvalue weighted by Gasteiger charge is -2.38. The van der Waals surface area contributed by atoms with Gasteiger partial charge in [-0.05, 0) is 32.3 Å². The number of piperidine rings is 1. The van der Waals surface area contributed by atoms with Crippen LogP contribution in [0.15, 0.2) is 36.5 Å². The molecule has 1 aromatic carbocycles. The van der Waals surface area contributed by atoms with Crippen molar-refractivity contribution in [3.63, 3.8) is 0 Å². The highest BCUT2D eigenvalue weighted by atomic mass is 16.3. The molecule has 2 atom stereocenters. The van der Waals surface area contributed by atoms with Crippen molar-refractivity contribution in [3.05, 3.63) is 36.5 Å². The third-order valence-corrected chi connectivity index (χ3v) is 4.79. The van der Waals surface area contributed by atoms with Crippen LogP contribution in [0, 0.1) is 0 Å². The lowest BCUT2D eigenvalue weighted by Crippen LogP contribution is -2.45. The molecule has 0 unspecified atom stereocenters. The predicted molar refractivity (Wildman–Crippen MR) is 88.8 cm³/mol. The molecular weight excluding hydrogens is 274 g/mol. The van der Waals surface area contributed by atoms with Gasteiger partial charge in [0, 0.05) is 24.8 Å². The van der Waals surface area contributed by atoms with E-state index in [0.717, 1.165) is 24.2 Å². The average molecular weight is 299 g/mol. The molecule has 22 heavy (non-hydrogen) atoms. The van der Waals surface area contributed by atoms with E-state index in [-0.39, 0.29) is 5.88 Å². The van der Waals surface area contributed by atoms with Crippen LogP contribution in [-0.2, 0) is 6.54 Å². The van der Waals surface area contributed by atoms with Crippen LogP contribution in [0.2, 0.25) is 0 Å². The van der Waals surface area contributed by atoms with Crippen molar-refractivity contribution < 1.29 is 5.11 Å². The van der Waals surface area contributed by atoms with E-state index in [1.807, 2.05) is 41.2 Å². The standard InChI is InChI=1S/C18H25N3O/c1-14-7-6-8-15(2)21(14)12-11-20-13-17(18(22)19-20)16-9-4-3-5-10-16/h3-5,9-10,13-15H,6-8,11-12H2,1-2H3,(H,19,22)/t14-,15+. The first kappa shape index (κ1) is 15.1. The van der Waals surface area contributed by atoms with Gasteiger partial charge in [0.15, 0.2) is 0 Å². The lowest BCUT2D eigenvalue weighted by molar-refractivity contribution is 0.0977. The van der Waals surface area contributed by atoms with Crippen LogP contribution in [-0.4, -0.2) is 38.4 Å². The molecule has 118 valence electrons. The Kier molecular flexibility index (Phi) is 4.48. The molecule has 4 nitrogen and oxygen atoms in total. The molecule has 4 heteroatoms. The number of rotatable bonds is 4. The van der Waals surface area contributed by atoms with Gasteiger partial charge in [0.1, 0.15) is 0 Å². The first-order chi connectivity index (χ1) is 10.6. The highest BCUT2D eigenvalue weighted by Gasteiger charge is 2.24. The topological polar surface area (TPSA) is 41.3 Å². The number of likely N-dealkylation sites (tertiary alicyclic amines) is 1. The summed E-state index contributed by atoms with van der Waals surface area (Å²) in [7, 11) is 0. The Morgan fingerprint density at radius 3 is 2.45 bits per heavy atom. The fourth-order valence-electron chi connectivity index (χ4n) is 3.48. The van der Waals surface area contributed by atoms with Crippen LogP contribution in [0.4, 0.5) is 0 Å². The Bertz CT molecular complexity index is 598. The molecule has 2 aromatic rings. The number of nitrogens with zero attached hydrogens (tertiary/aromatic N) is 3. The van der Waals surface area contributed by atoms with E-state index in [0.29, 0.717) is 12.1 Å². The van der Waals surface area contributed by atoms with Crippen molar-refractivity contribution in [3.8, 4) is 17.0 Å². The van der Waals surface area contributed by atoms with Gasteiger partial charge in [-0.2, -0.15) is 0 Å². The van der Waals surface area contributed by atoms with Crippen LogP contribution in [0.3, 0.4) is 0 Å². The van der Waals surface area contributed by atoms with E-state index < -0.39 is 0 Å². The Labute approximate surface area is 132 Å². The van der Waals surface area contributed by atoms with E-state index in [1.54, 1.807) is 0 Å². The zero-order valence-electron chi connectivity index (χ0n) is 13.4. The largest absolute Gasteiger partial charge is 0.492 e. The molecule has 1 N–H and O–H groups in total. The second-order valence-electron chi connectivity index (χ2n) is 6.36. The minimum Gasteiger partial charge on any atom is -0.492 e. The summed E-state index contributed by atoms with van der Waals surface area (Å²) < 4.78 is 1.87. The molecule has 1 saturated heterocycles. The summed E-state index contributed by atoms with van der Waals surface area (Å²) in [6.07, 6.45) is 5.84. The molecule has 1 aliphatic heterocycles. The molecule has 3 rings (SSSR count). The number of benzene rings is 1. The molecule has 0 saturated carbocycles. The fourth-order valence-corrected chi connectivity index (χ4v) is 3.48. The Balaban J connectivity index is 1.69. The van der Waals surface area contributed by atoms with Gasteiger partial charge in [0.25, 0.3) is 0 Å². The van der Waals surface area contributed by atoms with Gasteiger partial charge >= 0.3 is 0 Å². The summed E-state index contributed by atoms with van der Waals surface area (Å²) in [5, 5.41) is 14.3. The van der Waals surface area contributed by atoms with Gasteiger partial charge < -0.3 is 5.11 Å². The molecule has 0 spiro atoms. The first-order valence-corrected chi connectivity index (χ1v) is 8.22. The van der Waals surface area contributed by atoms with Crippen LogP contribution in [0.25, 0.3) is 11.1 Å². The molecule has 0 amide bonds. The van der Waals surface area contributed by atoms with Crippen molar-refractivity contribution >= 4 is 0 Å². The van der Waals surface area contributed by atoms with Gasteiger partial charge in [0.2, 0.25) is 5.88 Å². The zero-order chi connectivity index (χ0) is 15.5. The Morgan fingerprint density at radius 2 is 1.77 bits per heavy atom. The monoisotopic (exact) mass is 299 g/mol. The van der Waals surface area contributed by atoms with Crippen molar-refractivity contribution in [1.29, 1.82) is 0 Å². The van der Waals surface area contributed by atoms with E-state index in [1.165, 1.54) is 19.3 Å². The first-order valence-electron chi connectivity index (χ1n) is 8.22. The Morgan fingerprint density at radius 1 is 1.09 bits per heavy atom. The average Bonchev–Trinajstić information content (AvgIpc) is 2.89. The molecule has 0 radical (unpaired) electrons. The van der Waals surface area contributed by atoms with E-state index in [9.17, 15) is 5.11 Å². The van der Waals surface area contributed by atoms with E-state index in [2.05, 4.69) is 23.8 Å². The van der Waals surface area contributed by atoms with Gasteiger partial charge in [-0.25, -0.2) is 0 Å². The van der Waals surface area contributed by atoms with Crippen molar-refractivity contribution in [1.82, 2.24) is 14.7 Å². The summed E-state index contributed by atoms with van der Waals surface area (Å²) in [6, 6.07) is 11.2. The molecule has 0 bridgehead atoms. The molecule has 2 heterocycles. The maximum Gasteiger partial charge on any atom is 0.238 e. The smallest absolute Gasteiger partial charge is 0.238 e. The molecule has 1 fully saturated rings. The second-order valence-corrected chi connectivity index (χ2v) is 6.36. The number of aromatic hydroxyl groups is 1. The summed E-state index contributed by atoms with van der Waals surface area (Å²) in [5.74, 6) is 0.117. The van der Waals surface area contributed by atoms with Gasteiger partial charge in [0.05, 0.1) is 12.1 Å². The lowest BCUT2D eigenvalue weighted by atomic mass is 9.98. The third-order valence-electron chi connectivity index (χ3n) is 4.79. The number of hydrogen-bond acceptors (Lipinski definition) is 3. The molecule has 1 aliphatic rings. The van der Waals surface area contributed by atoms with Gasteiger partial charge in [-0.1, -0.05) is 36.8 Å². The van der Waals surface area contributed by atoms with E-state index >= 15 is 0 Å². The minimum absolute atomic E-state index is 0.117. The maximum atomic E-state index is 10.1. The summed E-state index contributed by atoms with van der Waals surface area (Å²) in [6.45, 7) is 6.42. The molecule has 0 aliphatic carbocycles. The SMILES string of the molecule is C[C@@H]1CCC[C@H](C)N1CCn1cc(-c2ccccc2)c(O)n1. The highest BCUT2D eigenvalue weighted by molar-refractivity contribution is 5.67.